The van der Waals surface area contributed by atoms with E-state index < -0.39 is 0 Å². The van der Waals surface area contributed by atoms with Crippen LogP contribution in [0.3, 0.4) is 0 Å². The molecule has 150 valence electrons. The Kier molecular flexibility index (Phi) is 5.16. The largest absolute Gasteiger partial charge is 0.497 e. The van der Waals surface area contributed by atoms with Gasteiger partial charge in [-0.05, 0) is 41.5 Å². The Bertz CT molecular complexity index is 1030. The highest BCUT2D eigenvalue weighted by atomic mass is 16.5. The number of ether oxygens (including phenoxy) is 2. The maximum absolute atomic E-state index is 12.6. The van der Waals surface area contributed by atoms with Gasteiger partial charge in [0.05, 0.1) is 7.11 Å². The number of rotatable bonds is 6. The van der Waals surface area contributed by atoms with E-state index in [-0.39, 0.29) is 18.6 Å². The summed E-state index contributed by atoms with van der Waals surface area (Å²) < 4.78 is 10.9. The Balaban J connectivity index is 1.39. The summed E-state index contributed by atoms with van der Waals surface area (Å²) in [6.07, 6.45) is 1.10. The lowest BCUT2D eigenvalue weighted by molar-refractivity contribution is -0.131. The normalized spacial score (nSPS) is 14.9. The summed E-state index contributed by atoms with van der Waals surface area (Å²) in [5.74, 6) is 2.01. The molecule has 0 spiro atoms. The number of nitrogens with zero attached hydrogens (tertiary/aromatic N) is 5. The number of fused-ring (bicyclic) bond motifs is 1. The monoisotopic (exact) mass is 393 g/mol. The number of methoxy groups -OCH3 is 1. The van der Waals surface area contributed by atoms with Gasteiger partial charge in [0.15, 0.2) is 0 Å². The second kappa shape index (κ2) is 7.90. The lowest BCUT2D eigenvalue weighted by Gasteiger charge is -2.17. The smallest absolute Gasteiger partial charge is 0.246 e. The van der Waals surface area contributed by atoms with E-state index in [0.717, 1.165) is 23.3 Å². The van der Waals surface area contributed by atoms with Crippen molar-refractivity contribution in [2.24, 2.45) is 0 Å². The Morgan fingerprint density at radius 3 is 3.00 bits per heavy atom. The van der Waals surface area contributed by atoms with E-state index in [2.05, 4.69) is 28.4 Å². The average molecular weight is 393 g/mol. The molecule has 0 N–H and O–H groups in total. The summed E-state index contributed by atoms with van der Waals surface area (Å²) in [5, 5.41) is 12.4. The Morgan fingerprint density at radius 2 is 2.17 bits per heavy atom. The molecular weight excluding hydrogens is 370 g/mol. The van der Waals surface area contributed by atoms with Gasteiger partial charge in [0.1, 0.15) is 24.1 Å². The Labute approximate surface area is 169 Å². The molecule has 1 aliphatic heterocycles. The third-order valence-corrected chi connectivity index (χ3v) is 4.86. The van der Waals surface area contributed by atoms with Crippen LogP contribution in [0, 0.1) is 0 Å². The predicted octanol–water partition coefficient (Wildman–Crippen LogP) is 2.33. The minimum Gasteiger partial charge on any atom is -0.497 e. The van der Waals surface area contributed by atoms with Crippen LogP contribution in [0.4, 0.5) is 0 Å². The highest BCUT2D eigenvalue weighted by Gasteiger charge is 2.20. The number of carbonyl (C=O) groups is 1. The number of likely N-dealkylation sites (N-methyl/N-ethyl adjacent to an activating group) is 1. The quantitative estimate of drug-likeness (QED) is 0.639. The van der Waals surface area contributed by atoms with E-state index in [9.17, 15) is 4.79 Å². The van der Waals surface area contributed by atoms with Crippen LogP contribution in [-0.4, -0.2) is 51.3 Å². The van der Waals surface area contributed by atoms with Gasteiger partial charge in [-0.2, -0.15) is 4.80 Å². The molecule has 2 heterocycles. The molecular formula is C21H23N5O3. The van der Waals surface area contributed by atoms with Crippen LogP contribution in [0.5, 0.6) is 11.5 Å². The lowest BCUT2D eigenvalue weighted by atomic mass is 10.1. The van der Waals surface area contributed by atoms with Crippen LogP contribution < -0.4 is 9.47 Å². The fourth-order valence-electron chi connectivity index (χ4n) is 3.37. The van der Waals surface area contributed by atoms with Crippen LogP contribution in [0.25, 0.3) is 11.4 Å². The van der Waals surface area contributed by atoms with Gasteiger partial charge in [-0.1, -0.05) is 24.3 Å². The molecule has 8 nitrogen and oxygen atoms in total. The molecule has 2 aromatic carbocycles. The topological polar surface area (TPSA) is 82.4 Å². The van der Waals surface area contributed by atoms with Crippen molar-refractivity contribution in [1.82, 2.24) is 25.1 Å². The second-order valence-electron chi connectivity index (χ2n) is 7.20. The zero-order valence-electron chi connectivity index (χ0n) is 16.7. The first-order valence-electron chi connectivity index (χ1n) is 9.46. The number of amides is 1. The molecule has 1 amide bonds. The van der Waals surface area contributed by atoms with Crippen molar-refractivity contribution in [2.75, 3.05) is 14.2 Å². The van der Waals surface area contributed by atoms with E-state index in [0.29, 0.717) is 18.1 Å². The molecule has 1 aliphatic rings. The third kappa shape index (κ3) is 4.21. The van der Waals surface area contributed by atoms with Gasteiger partial charge in [-0.25, -0.2) is 0 Å². The zero-order chi connectivity index (χ0) is 20.4. The molecule has 29 heavy (non-hydrogen) atoms. The van der Waals surface area contributed by atoms with E-state index in [4.69, 9.17) is 9.47 Å². The number of hydrogen-bond acceptors (Lipinski definition) is 6. The van der Waals surface area contributed by atoms with Gasteiger partial charge in [0.2, 0.25) is 11.7 Å². The Hall–Kier alpha value is -3.42. The highest BCUT2D eigenvalue weighted by Crippen LogP contribution is 2.29. The summed E-state index contributed by atoms with van der Waals surface area (Å²) in [5.41, 5.74) is 3.05. The van der Waals surface area contributed by atoms with Crippen LogP contribution in [0.15, 0.2) is 42.5 Å². The predicted molar refractivity (Wildman–Crippen MR) is 107 cm³/mol. The van der Waals surface area contributed by atoms with Crippen LogP contribution >= 0.6 is 0 Å². The van der Waals surface area contributed by atoms with Gasteiger partial charge in [0, 0.05) is 25.6 Å². The minimum absolute atomic E-state index is 0.0263. The van der Waals surface area contributed by atoms with E-state index in [1.165, 1.54) is 10.4 Å². The van der Waals surface area contributed by atoms with Crippen molar-refractivity contribution in [3.05, 3.63) is 53.6 Å². The van der Waals surface area contributed by atoms with Gasteiger partial charge in [-0.15, -0.1) is 10.2 Å². The van der Waals surface area contributed by atoms with Gasteiger partial charge < -0.3 is 14.4 Å². The van der Waals surface area contributed by atoms with Crippen molar-refractivity contribution >= 4 is 5.91 Å². The maximum Gasteiger partial charge on any atom is 0.246 e. The van der Waals surface area contributed by atoms with Gasteiger partial charge in [-0.3, -0.25) is 4.79 Å². The molecule has 3 aromatic rings. The standard InChI is InChI=1S/C21H23N5O3/c1-14-9-17-10-15(7-8-19(17)29-14)12-25(2)20(27)13-26-23-21(22-24-26)16-5-4-6-18(11-16)28-3/h4-8,10-11,14H,9,12-13H2,1-3H3/t14-/m0/s1. The van der Waals surface area contributed by atoms with Crippen molar-refractivity contribution in [3.8, 4) is 22.9 Å². The van der Waals surface area contributed by atoms with Crippen molar-refractivity contribution in [2.45, 2.75) is 32.5 Å². The average Bonchev–Trinajstić information content (AvgIpc) is 3.33. The fourth-order valence-corrected chi connectivity index (χ4v) is 3.37. The number of aromatic nitrogens is 4. The number of hydrogen-bond donors (Lipinski definition) is 0. The fraction of sp³-hybridized carbons (Fsp3) is 0.333. The first-order valence-corrected chi connectivity index (χ1v) is 9.46. The van der Waals surface area contributed by atoms with Crippen LogP contribution in [0.2, 0.25) is 0 Å². The first-order chi connectivity index (χ1) is 14.0. The highest BCUT2D eigenvalue weighted by molar-refractivity contribution is 5.75. The summed E-state index contributed by atoms with van der Waals surface area (Å²) in [7, 11) is 3.38. The van der Waals surface area contributed by atoms with Crippen molar-refractivity contribution < 1.29 is 14.3 Å². The minimum atomic E-state index is -0.0929. The maximum atomic E-state index is 12.6. The summed E-state index contributed by atoms with van der Waals surface area (Å²) in [4.78, 5) is 15.6. The SMILES string of the molecule is COc1cccc(-c2nnn(CC(=O)N(C)Cc3ccc4c(c3)C[C@H](C)O4)n2)c1. The van der Waals surface area contributed by atoms with Crippen molar-refractivity contribution in [1.29, 1.82) is 0 Å². The Morgan fingerprint density at radius 1 is 1.31 bits per heavy atom. The first kappa shape index (κ1) is 18.9. The molecule has 8 heteroatoms. The number of carbonyl (C=O) groups excluding carboxylic acids is 1. The number of tetrazole rings is 1. The molecule has 4 rings (SSSR count). The second-order valence-corrected chi connectivity index (χ2v) is 7.20. The van der Waals surface area contributed by atoms with Crippen LogP contribution in [0.1, 0.15) is 18.1 Å². The molecule has 0 bridgehead atoms. The summed E-state index contributed by atoms with van der Waals surface area (Å²) >= 11 is 0. The number of benzene rings is 2. The molecule has 0 aliphatic carbocycles. The molecule has 1 atom stereocenters. The summed E-state index contributed by atoms with van der Waals surface area (Å²) in [6.45, 7) is 2.59. The lowest BCUT2D eigenvalue weighted by Crippen LogP contribution is -2.30. The molecule has 0 radical (unpaired) electrons. The third-order valence-electron chi connectivity index (χ3n) is 4.86. The summed E-state index contributed by atoms with van der Waals surface area (Å²) in [6, 6.07) is 13.5. The molecule has 0 saturated carbocycles. The molecule has 0 unspecified atom stereocenters. The zero-order valence-corrected chi connectivity index (χ0v) is 16.7. The van der Waals surface area contributed by atoms with Crippen LogP contribution in [-0.2, 0) is 24.3 Å². The molecule has 0 saturated heterocycles. The van der Waals surface area contributed by atoms with Gasteiger partial charge in [0.25, 0.3) is 0 Å². The molecule has 1 aromatic heterocycles. The molecule has 0 fully saturated rings. The van der Waals surface area contributed by atoms with E-state index in [1.54, 1.807) is 19.1 Å². The van der Waals surface area contributed by atoms with Crippen molar-refractivity contribution in [3.63, 3.8) is 0 Å². The van der Waals surface area contributed by atoms with E-state index >= 15 is 0 Å². The van der Waals surface area contributed by atoms with E-state index in [1.807, 2.05) is 36.4 Å². The van der Waals surface area contributed by atoms with Gasteiger partial charge >= 0.3 is 0 Å².